The third-order valence-corrected chi connectivity index (χ3v) is 3.96. The van der Waals surface area contributed by atoms with E-state index in [-0.39, 0.29) is 17.9 Å². The summed E-state index contributed by atoms with van der Waals surface area (Å²) in [6, 6.07) is 9.08. The van der Waals surface area contributed by atoms with Crippen molar-refractivity contribution < 1.29 is 24.2 Å². The zero-order valence-corrected chi connectivity index (χ0v) is 16.3. The molecule has 2 aromatic rings. The Labute approximate surface area is 173 Å². The van der Waals surface area contributed by atoms with Gasteiger partial charge in [-0.15, -0.1) is 0 Å². The van der Waals surface area contributed by atoms with Crippen LogP contribution in [0.15, 0.2) is 55.3 Å². The fourth-order valence-electron chi connectivity index (χ4n) is 2.51. The molecule has 30 heavy (non-hydrogen) atoms. The topological polar surface area (TPSA) is 160 Å². The molecular formula is C20H23N5O5. The maximum atomic E-state index is 12.3. The normalized spacial score (nSPS) is 11.1. The minimum Gasteiger partial charge on any atom is -0.506 e. The SMILES string of the molecule is C=COc1ccc(NC(=O)NN(C(C)=O)c2cc(CC(N)C(N)=O)ccc2O)cc1. The Morgan fingerprint density at radius 3 is 2.47 bits per heavy atom. The van der Waals surface area contributed by atoms with Crippen molar-refractivity contribution >= 4 is 29.2 Å². The molecule has 0 bridgehead atoms. The fraction of sp³-hybridized carbons (Fsp3) is 0.150. The number of hydrogen-bond donors (Lipinski definition) is 5. The van der Waals surface area contributed by atoms with E-state index < -0.39 is 23.9 Å². The van der Waals surface area contributed by atoms with E-state index in [4.69, 9.17) is 16.2 Å². The maximum absolute atomic E-state index is 12.3. The summed E-state index contributed by atoms with van der Waals surface area (Å²) >= 11 is 0. The molecule has 0 fully saturated rings. The number of carbonyl (C=O) groups is 3. The Bertz CT molecular complexity index is 945. The summed E-state index contributed by atoms with van der Waals surface area (Å²) in [7, 11) is 0. The lowest BCUT2D eigenvalue weighted by atomic mass is 10.0. The maximum Gasteiger partial charge on any atom is 0.338 e. The van der Waals surface area contributed by atoms with E-state index in [2.05, 4.69) is 17.3 Å². The molecule has 2 rings (SSSR count). The van der Waals surface area contributed by atoms with Crippen LogP contribution in [0.25, 0.3) is 0 Å². The highest BCUT2D eigenvalue weighted by molar-refractivity contribution is 5.99. The second-order valence-corrected chi connectivity index (χ2v) is 6.27. The molecular weight excluding hydrogens is 390 g/mol. The van der Waals surface area contributed by atoms with Crippen molar-refractivity contribution in [2.24, 2.45) is 11.5 Å². The van der Waals surface area contributed by atoms with E-state index in [0.29, 0.717) is 17.0 Å². The van der Waals surface area contributed by atoms with Gasteiger partial charge in [0.25, 0.3) is 0 Å². The molecule has 10 nitrogen and oxygen atoms in total. The number of rotatable bonds is 7. The second-order valence-electron chi connectivity index (χ2n) is 6.27. The second kappa shape index (κ2) is 9.94. The number of primary amides is 1. The first-order chi connectivity index (χ1) is 14.2. The van der Waals surface area contributed by atoms with Gasteiger partial charge >= 0.3 is 6.03 Å². The van der Waals surface area contributed by atoms with Crippen LogP contribution >= 0.6 is 0 Å². The summed E-state index contributed by atoms with van der Waals surface area (Å²) in [4.78, 5) is 35.6. The monoisotopic (exact) mass is 413 g/mol. The van der Waals surface area contributed by atoms with Gasteiger partial charge in [0.2, 0.25) is 11.8 Å². The molecule has 0 saturated carbocycles. The number of hydrogen-bond acceptors (Lipinski definition) is 6. The number of carbonyl (C=O) groups excluding carboxylic acids is 3. The zero-order valence-electron chi connectivity index (χ0n) is 16.3. The van der Waals surface area contributed by atoms with Gasteiger partial charge in [-0.3, -0.25) is 9.59 Å². The molecule has 0 radical (unpaired) electrons. The summed E-state index contributed by atoms with van der Waals surface area (Å²) in [6.07, 6.45) is 1.37. The zero-order chi connectivity index (χ0) is 22.3. The number of benzene rings is 2. The molecule has 0 heterocycles. The lowest BCUT2D eigenvalue weighted by molar-refractivity contribution is -0.119. The molecule has 0 aliphatic heterocycles. The molecule has 0 spiro atoms. The van der Waals surface area contributed by atoms with Crippen molar-refractivity contribution in [2.45, 2.75) is 19.4 Å². The molecule has 0 aliphatic carbocycles. The van der Waals surface area contributed by atoms with Crippen molar-refractivity contribution in [3.05, 3.63) is 60.9 Å². The Morgan fingerprint density at radius 2 is 1.90 bits per heavy atom. The largest absolute Gasteiger partial charge is 0.506 e. The van der Waals surface area contributed by atoms with Crippen LogP contribution in [0.1, 0.15) is 12.5 Å². The molecule has 10 heteroatoms. The van der Waals surface area contributed by atoms with Crippen molar-refractivity contribution in [3.8, 4) is 11.5 Å². The van der Waals surface area contributed by atoms with E-state index in [0.717, 1.165) is 5.01 Å². The standard InChI is InChI=1S/C20H23N5O5/c1-3-30-15-7-5-14(6-8-15)23-20(29)24-25(12(2)26)17-11-13(4-9-18(17)27)10-16(21)19(22)28/h3-9,11,16,27H,1,10,21H2,2H3,(H2,22,28)(H2,23,24,29). The molecule has 7 N–H and O–H groups in total. The summed E-state index contributed by atoms with van der Waals surface area (Å²) in [5.74, 6) is -0.966. The first-order valence-electron chi connectivity index (χ1n) is 8.84. The predicted molar refractivity (Wildman–Crippen MR) is 112 cm³/mol. The predicted octanol–water partition coefficient (Wildman–Crippen LogP) is 1.36. The highest BCUT2D eigenvalue weighted by Crippen LogP contribution is 2.28. The van der Waals surface area contributed by atoms with Crippen molar-refractivity contribution in [1.82, 2.24) is 5.43 Å². The van der Waals surface area contributed by atoms with Gasteiger partial charge in [0.05, 0.1) is 12.3 Å². The van der Waals surface area contributed by atoms with Gasteiger partial charge in [-0.25, -0.2) is 15.2 Å². The number of aromatic hydroxyl groups is 1. The number of phenolic OH excluding ortho intramolecular Hbond substituents is 1. The van der Waals surface area contributed by atoms with Crippen LogP contribution in [-0.2, 0) is 16.0 Å². The minimum atomic E-state index is -0.933. The summed E-state index contributed by atoms with van der Waals surface area (Å²) in [6.45, 7) is 4.66. The van der Waals surface area contributed by atoms with E-state index in [1.54, 1.807) is 24.3 Å². The number of anilines is 2. The number of hydrazine groups is 1. The molecule has 2 aromatic carbocycles. The van der Waals surface area contributed by atoms with Crippen molar-refractivity contribution in [1.29, 1.82) is 0 Å². The van der Waals surface area contributed by atoms with E-state index in [9.17, 15) is 19.5 Å². The van der Waals surface area contributed by atoms with Crippen molar-refractivity contribution in [3.63, 3.8) is 0 Å². The molecule has 1 atom stereocenters. The molecule has 0 aliphatic rings. The first kappa shape index (κ1) is 22.2. The number of amides is 4. The third-order valence-electron chi connectivity index (χ3n) is 3.96. The van der Waals surface area contributed by atoms with Crippen molar-refractivity contribution in [2.75, 3.05) is 10.3 Å². The summed E-state index contributed by atoms with van der Waals surface area (Å²) < 4.78 is 5.10. The lowest BCUT2D eigenvalue weighted by Crippen LogP contribution is -2.47. The molecule has 0 aromatic heterocycles. The third kappa shape index (κ3) is 5.97. The Balaban J connectivity index is 2.16. The Kier molecular flexibility index (Phi) is 7.37. The van der Waals surface area contributed by atoms with E-state index in [1.165, 1.54) is 31.4 Å². The van der Waals surface area contributed by atoms with Crippen LogP contribution in [-0.4, -0.2) is 29.0 Å². The van der Waals surface area contributed by atoms with Gasteiger partial charge in [0.1, 0.15) is 17.2 Å². The molecule has 4 amide bonds. The summed E-state index contributed by atoms with van der Waals surface area (Å²) in [5, 5.41) is 13.6. The quantitative estimate of drug-likeness (QED) is 0.340. The average molecular weight is 413 g/mol. The van der Waals surface area contributed by atoms with Gasteiger partial charge in [0, 0.05) is 12.6 Å². The van der Waals surface area contributed by atoms with Gasteiger partial charge in [-0.1, -0.05) is 12.6 Å². The smallest absolute Gasteiger partial charge is 0.338 e. The van der Waals surface area contributed by atoms with Gasteiger partial charge < -0.3 is 26.6 Å². The number of nitrogens with two attached hydrogens (primary N) is 2. The molecule has 0 saturated heterocycles. The van der Waals surface area contributed by atoms with E-state index in [1.807, 2.05) is 0 Å². The van der Waals surface area contributed by atoms with Crippen LogP contribution in [0, 0.1) is 0 Å². The number of phenols is 1. The highest BCUT2D eigenvalue weighted by Gasteiger charge is 2.20. The number of ether oxygens (including phenoxy) is 1. The number of nitrogens with zero attached hydrogens (tertiary/aromatic N) is 1. The van der Waals surface area contributed by atoms with Crippen LogP contribution in [0.2, 0.25) is 0 Å². The van der Waals surface area contributed by atoms with Gasteiger partial charge in [0.15, 0.2) is 0 Å². The Hall–Kier alpha value is -4.05. The number of nitrogens with one attached hydrogen (secondary N) is 2. The lowest BCUT2D eigenvalue weighted by Gasteiger charge is -2.23. The van der Waals surface area contributed by atoms with Gasteiger partial charge in [-0.2, -0.15) is 0 Å². The highest BCUT2D eigenvalue weighted by atomic mass is 16.5. The van der Waals surface area contributed by atoms with Crippen LogP contribution in [0.4, 0.5) is 16.2 Å². The first-order valence-corrected chi connectivity index (χ1v) is 8.84. The van der Waals surface area contributed by atoms with Crippen LogP contribution in [0.3, 0.4) is 0 Å². The summed E-state index contributed by atoms with van der Waals surface area (Å²) in [5.41, 5.74) is 14.2. The van der Waals surface area contributed by atoms with E-state index >= 15 is 0 Å². The molecule has 1 unspecified atom stereocenters. The average Bonchev–Trinajstić information content (AvgIpc) is 2.69. The van der Waals surface area contributed by atoms with Crippen LogP contribution < -0.4 is 32.0 Å². The number of urea groups is 1. The molecule has 158 valence electrons. The fourth-order valence-corrected chi connectivity index (χ4v) is 2.51. The van der Waals surface area contributed by atoms with Gasteiger partial charge in [-0.05, 0) is 48.4 Å². The van der Waals surface area contributed by atoms with Crippen LogP contribution in [0.5, 0.6) is 11.5 Å². The minimum absolute atomic E-state index is 0.0153. The Morgan fingerprint density at radius 1 is 1.23 bits per heavy atom.